The van der Waals surface area contributed by atoms with E-state index in [9.17, 15) is 0 Å². The molecular formula is C12H25N3O. The number of amidine groups is 1. The second kappa shape index (κ2) is 6.74. The summed E-state index contributed by atoms with van der Waals surface area (Å²) in [4.78, 5) is 2.47. The minimum atomic E-state index is 0.337. The van der Waals surface area contributed by atoms with Gasteiger partial charge in [0.15, 0.2) is 0 Å². The Balaban J connectivity index is 2.41. The van der Waals surface area contributed by atoms with Gasteiger partial charge in [0, 0.05) is 12.5 Å². The first kappa shape index (κ1) is 13.3. The Hall–Kier alpha value is -0.770. The van der Waals surface area contributed by atoms with Crippen LogP contribution < -0.4 is 5.73 Å². The molecule has 2 atom stereocenters. The summed E-state index contributed by atoms with van der Waals surface area (Å²) in [5.74, 6) is 1.23. The summed E-state index contributed by atoms with van der Waals surface area (Å²) in [6.45, 7) is 6.74. The first-order chi connectivity index (χ1) is 7.67. The highest BCUT2D eigenvalue weighted by Crippen LogP contribution is 2.21. The lowest BCUT2D eigenvalue weighted by Gasteiger charge is -2.27. The molecule has 0 radical (unpaired) electrons. The fourth-order valence-electron chi connectivity index (χ4n) is 2.51. The smallest absolute Gasteiger partial charge is 0.140 e. The van der Waals surface area contributed by atoms with Gasteiger partial charge in [-0.1, -0.05) is 18.5 Å². The Morgan fingerprint density at radius 2 is 2.25 bits per heavy atom. The zero-order valence-electron chi connectivity index (χ0n) is 10.5. The van der Waals surface area contributed by atoms with E-state index < -0.39 is 0 Å². The van der Waals surface area contributed by atoms with Gasteiger partial charge in [-0.2, -0.15) is 0 Å². The molecule has 94 valence electrons. The van der Waals surface area contributed by atoms with Gasteiger partial charge in [-0.05, 0) is 45.2 Å². The monoisotopic (exact) mass is 227 g/mol. The maximum absolute atomic E-state index is 8.56. The number of hydrogen-bond acceptors (Lipinski definition) is 3. The van der Waals surface area contributed by atoms with Gasteiger partial charge in [0.25, 0.3) is 0 Å². The molecule has 1 aliphatic rings. The zero-order valence-corrected chi connectivity index (χ0v) is 10.5. The molecule has 16 heavy (non-hydrogen) atoms. The lowest BCUT2D eigenvalue weighted by Crippen LogP contribution is -2.37. The van der Waals surface area contributed by atoms with Crippen LogP contribution in [0.1, 0.15) is 46.0 Å². The largest absolute Gasteiger partial charge is 0.409 e. The summed E-state index contributed by atoms with van der Waals surface area (Å²) in [7, 11) is 0. The van der Waals surface area contributed by atoms with Crippen molar-refractivity contribution in [1.29, 1.82) is 0 Å². The molecule has 1 rings (SSSR count). The summed E-state index contributed by atoms with van der Waals surface area (Å²) in [6, 6.07) is 0.381. The SMILES string of the molecule is CCC1CCCN(C(C)CC(N)=NO)CC1. The predicted octanol–water partition coefficient (Wildman–Crippen LogP) is 2.02. The molecule has 0 saturated carbocycles. The van der Waals surface area contributed by atoms with Crippen molar-refractivity contribution in [2.75, 3.05) is 13.1 Å². The van der Waals surface area contributed by atoms with Crippen molar-refractivity contribution in [1.82, 2.24) is 4.90 Å². The normalized spacial score (nSPS) is 26.4. The van der Waals surface area contributed by atoms with Crippen LogP contribution in [0, 0.1) is 5.92 Å². The van der Waals surface area contributed by atoms with E-state index in [2.05, 4.69) is 23.9 Å². The van der Waals surface area contributed by atoms with E-state index in [1.807, 2.05) is 0 Å². The maximum atomic E-state index is 8.56. The highest BCUT2D eigenvalue weighted by atomic mass is 16.4. The van der Waals surface area contributed by atoms with E-state index in [4.69, 9.17) is 10.9 Å². The Kier molecular flexibility index (Phi) is 5.60. The number of likely N-dealkylation sites (tertiary alicyclic amines) is 1. The number of nitrogens with zero attached hydrogens (tertiary/aromatic N) is 2. The van der Waals surface area contributed by atoms with Gasteiger partial charge in [-0.3, -0.25) is 0 Å². The third-order valence-electron chi connectivity index (χ3n) is 3.72. The highest BCUT2D eigenvalue weighted by molar-refractivity contribution is 5.80. The molecule has 0 aliphatic carbocycles. The molecule has 4 nitrogen and oxygen atoms in total. The topological polar surface area (TPSA) is 61.8 Å². The molecule has 1 heterocycles. The molecule has 0 aromatic carbocycles. The molecule has 0 amide bonds. The van der Waals surface area contributed by atoms with Gasteiger partial charge in [0.05, 0.1) is 0 Å². The minimum Gasteiger partial charge on any atom is -0.409 e. The molecule has 3 N–H and O–H groups in total. The standard InChI is InChI=1S/C12H25N3O/c1-3-11-5-4-7-15(8-6-11)10(2)9-12(13)14-16/h10-11,16H,3-9H2,1-2H3,(H2,13,14). The highest BCUT2D eigenvalue weighted by Gasteiger charge is 2.20. The van der Waals surface area contributed by atoms with Crippen molar-refractivity contribution in [2.45, 2.75) is 52.0 Å². The van der Waals surface area contributed by atoms with Gasteiger partial charge < -0.3 is 15.8 Å². The summed E-state index contributed by atoms with van der Waals surface area (Å²) in [5.41, 5.74) is 5.55. The lowest BCUT2D eigenvalue weighted by molar-refractivity contribution is 0.216. The van der Waals surface area contributed by atoms with Crippen LogP contribution in [0.4, 0.5) is 0 Å². The molecule has 0 aromatic heterocycles. The van der Waals surface area contributed by atoms with Crippen LogP contribution in [0.3, 0.4) is 0 Å². The van der Waals surface area contributed by atoms with E-state index in [-0.39, 0.29) is 0 Å². The zero-order chi connectivity index (χ0) is 12.0. The van der Waals surface area contributed by atoms with Crippen molar-refractivity contribution in [2.24, 2.45) is 16.8 Å². The molecule has 0 spiro atoms. The van der Waals surface area contributed by atoms with Crippen molar-refractivity contribution in [3.05, 3.63) is 0 Å². The Labute approximate surface area is 98.5 Å². The van der Waals surface area contributed by atoms with Crippen LogP contribution >= 0.6 is 0 Å². The molecule has 4 heteroatoms. The van der Waals surface area contributed by atoms with Crippen LogP contribution in [-0.2, 0) is 0 Å². The first-order valence-corrected chi connectivity index (χ1v) is 6.37. The van der Waals surface area contributed by atoms with Crippen LogP contribution in [0.25, 0.3) is 0 Å². The van der Waals surface area contributed by atoms with E-state index in [0.29, 0.717) is 18.3 Å². The third kappa shape index (κ3) is 4.00. The molecule has 1 saturated heterocycles. The van der Waals surface area contributed by atoms with Crippen LogP contribution in [-0.4, -0.2) is 35.1 Å². The molecule has 1 aliphatic heterocycles. The lowest BCUT2D eigenvalue weighted by atomic mass is 9.98. The average Bonchev–Trinajstić information content (AvgIpc) is 2.53. The van der Waals surface area contributed by atoms with Gasteiger partial charge in [0.1, 0.15) is 5.84 Å². The summed E-state index contributed by atoms with van der Waals surface area (Å²) in [5, 5.41) is 11.6. The first-order valence-electron chi connectivity index (χ1n) is 6.37. The second-order valence-corrected chi connectivity index (χ2v) is 4.89. The molecule has 0 bridgehead atoms. The Bertz CT molecular complexity index is 230. The predicted molar refractivity (Wildman–Crippen MR) is 66.7 cm³/mol. The van der Waals surface area contributed by atoms with Crippen molar-refractivity contribution < 1.29 is 5.21 Å². The summed E-state index contributed by atoms with van der Waals surface area (Å²) >= 11 is 0. The number of oxime groups is 1. The number of nitrogens with two attached hydrogens (primary N) is 1. The molecule has 2 unspecified atom stereocenters. The van der Waals surface area contributed by atoms with Crippen molar-refractivity contribution in [3.8, 4) is 0 Å². The van der Waals surface area contributed by atoms with Crippen LogP contribution in [0.5, 0.6) is 0 Å². The van der Waals surface area contributed by atoms with E-state index >= 15 is 0 Å². The maximum Gasteiger partial charge on any atom is 0.140 e. The van der Waals surface area contributed by atoms with Gasteiger partial charge in [-0.25, -0.2) is 0 Å². The molecule has 0 aromatic rings. The van der Waals surface area contributed by atoms with E-state index in [1.54, 1.807) is 0 Å². The minimum absolute atomic E-state index is 0.337. The van der Waals surface area contributed by atoms with Crippen LogP contribution in [0.15, 0.2) is 5.16 Å². The van der Waals surface area contributed by atoms with E-state index in [0.717, 1.165) is 19.0 Å². The average molecular weight is 227 g/mol. The summed E-state index contributed by atoms with van der Waals surface area (Å²) in [6.07, 6.45) is 5.87. The third-order valence-corrected chi connectivity index (χ3v) is 3.72. The molecular weight excluding hydrogens is 202 g/mol. The second-order valence-electron chi connectivity index (χ2n) is 4.89. The quantitative estimate of drug-likeness (QED) is 0.334. The Morgan fingerprint density at radius 3 is 2.88 bits per heavy atom. The van der Waals surface area contributed by atoms with Crippen LogP contribution in [0.2, 0.25) is 0 Å². The summed E-state index contributed by atoms with van der Waals surface area (Å²) < 4.78 is 0. The fraction of sp³-hybridized carbons (Fsp3) is 0.917. The van der Waals surface area contributed by atoms with Gasteiger partial charge in [0.2, 0.25) is 0 Å². The van der Waals surface area contributed by atoms with E-state index in [1.165, 1.54) is 25.7 Å². The number of rotatable bonds is 4. The van der Waals surface area contributed by atoms with Gasteiger partial charge >= 0.3 is 0 Å². The van der Waals surface area contributed by atoms with Crippen molar-refractivity contribution in [3.63, 3.8) is 0 Å². The van der Waals surface area contributed by atoms with Crippen molar-refractivity contribution >= 4 is 5.84 Å². The fourth-order valence-corrected chi connectivity index (χ4v) is 2.51. The molecule has 1 fully saturated rings. The Morgan fingerprint density at radius 1 is 1.50 bits per heavy atom. The van der Waals surface area contributed by atoms with Gasteiger partial charge in [-0.15, -0.1) is 0 Å². The number of hydrogen-bond donors (Lipinski definition) is 2.